The van der Waals surface area contributed by atoms with Crippen LogP contribution in [0.15, 0.2) is 114 Å². The van der Waals surface area contributed by atoms with Crippen LogP contribution in [0.1, 0.15) is 48.8 Å². The van der Waals surface area contributed by atoms with E-state index in [1.54, 1.807) is 18.2 Å². The molecule has 1 N–H and O–H groups in total. The molecule has 4 aromatic rings. The Balaban J connectivity index is 1.57. The molecule has 0 saturated heterocycles. The highest BCUT2D eigenvalue weighted by atomic mass is 32.2. The number of anilines is 1. The van der Waals surface area contributed by atoms with Gasteiger partial charge in [0, 0.05) is 31.1 Å². The number of benzene rings is 4. The lowest BCUT2D eigenvalue weighted by Crippen LogP contribution is -2.55. The van der Waals surface area contributed by atoms with E-state index in [-0.39, 0.29) is 41.2 Å². The molecule has 0 aromatic heterocycles. The second kappa shape index (κ2) is 15.7. The van der Waals surface area contributed by atoms with Gasteiger partial charge < -0.3 is 10.2 Å². The minimum Gasteiger partial charge on any atom is -0.352 e. The van der Waals surface area contributed by atoms with Gasteiger partial charge in [0.1, 0.15) is 12.6 Å². The van der Waals surface area contributed by atoms with E-state index in [4.69, 9.17) is 0 Å². The van der Waals surface area contributed by atoms with Crippen molar-refractivity contribution in [3.63, 3.8) is 0 Å². The number of nitrogens with one attached hydrogen (secondary N) is 1. The Morgan fingerprint density at radius 3 is 2.15 bits per heavy atom. The lowest BCUT2D eigenvalue weighted by Gasteiger charge is -2.35. The van der Waals surface area contributed by atoms with Crippen LogP contribution in [0.25, 0.3) is 0 Å². The number of nitro benzene ring substituents is 1. The van der Waals surface area contributed by atoms with E-state index in [1.807, 2.05) is 61.5 Å². The van der Waals surface area contributed by atoms with Crippen LogP contribution in [0.3, 0.4) is 0 Å². The zero-order chi connectivity index (χ0) is 34.1. The highest BCUT2D eigenvalue weighted by molar-refractivity contribution is 7.92. The maximum atomic E-state index is 14.6. The lowest BCUT2D eigenvalue weighted by molar-refractivity contribution is -0.384. The predicted molar refractivity (Wildman–Crippen MR) is 185 cm³/mol. The molecular weight excluding hydrogens is 628 g/mol. The summed E-state index contributed by atoms with van der Waals surface area (Å²) in [7, 11) is -4.37. The van der Waals surface area contributed by atoms with Gasteiger partial charge >= 0.3 is 0 Å². The fraction of sp³-hybridized carbons (Fsp3) is 0.297. The molecule has 1 aliphatic carbocycles. The van der Waals surface area contributed by atoms with E-state index in [0.717, 1.165) is 59.2 Å². The molecule has 2 amide bonds. The van der Waals surface area contributed by atoms with E-state index in [1.165, 1.54) is 35.2 Å². The molecule has 5 rings (SSSR count). The van der Waals surface area contributed by atoms with E-state index in [9.17, 15) is 28.1 Å². The smallest absolute Gasteiger partial charge is 0.271 e. The number of nitrogens with zero attached hydrogens (tertiary/aromatic N) is 3. The van der Waals surface area contributed by atoms with Gasteiger partial charge in [0.2, 0.25) is 11.8 Å². The largest absolute Gasteiger partial charge is 0.352 e. The Bertz CT molecular complexity index is 1810. The molecule has 1 atom stereocenters. The molecule has 0 aliphatic heterocycles. The minimum atomic E-state index is -4.37. The second-order valence-corrected chi connectivity index (χ2v) is 14.0. The molecule has 48 heavy (non-hydrogen) atoms. The Hall–Kier alpha value is -5.03. The highest BCUT2D eigenvalue weighted by Crippen LogP contribution is 2.28. The molecule has 1 aliphatic rings. The third-order valence-corrected chi connectivity index (χ3v) is 10.4. The number of hydrogen-bond acceptors (Lipinski definition) is 6. The van der Waals surface area contributed by atoms with Crippen LogP contribution < -0.4 is 9.62 Å². The molecule has 1 fully saturated rings. The van der Waals surface area contributed by atoms with Gasteiger partial charge in [0.25, 0.3) is 15.7 Å². The number of non-ortho nitro benzene ring substituents is 1. The number of sulfonamides is 1. The van der Waals surface area contributed by atoms with E-state index in [2.05, 4.69) is 5.32 Å². The van der Waals surface area contributed by atoms with Gasteiger partial charge in [0.15, 0.2) is 0 Å². The van der Waals surface area contributed by atoms with Crippen LogP contribution in [0.4, 0.5) is 11.4 Å². The molecule has 11 heteroatoms. The van der Waals surface area contributed by atoms with Crippen LogP contribution in [0.5, 0.6) is 0 Å². The fourth-order valence-electron chi connectivity index (χ4n) is 6.00. The van der Waals surface area contributed by atoms with Gasteiger partial charge in [-0.2, -0.15) is 0 Å². The molecule has 250 valence electrons. The van der Waals surface area contributed by atoms with Crippen LogP contribution in [-0.4, -0.2) is 48.7 Å². The standard InChI is InChI=1S/C37H40N4O6S/c1-28-20-22-30(23-21-28)26-39(35(24-29-12-5-2-6-13-29)37(43)38-31-14-7-3-8-15-31)36(42)27-40(32-16-11-17-33(25-32)41(44)45)48(46,47)34-18-9-4-10-19-34/h2,4-6,9-13,16-23,25,31,35H,3,7-8,14-15,24,26-27H2,1H3,(H,38,43)/t35-/m1/s1. The third-order valence-electron chi connectivity index (χ3n) is 8.63. The summed E-state index contributed by atoms with van der Waals surface area (Å²) in [5.41, 5.74) is 2.28. The molecule has 0 bridgehead atoms. The van der Waals surface area contributed by atoms with Crippen LogP contribution in [-0.2, 0) is 32.6 Å². The van der Waals surface area contributed by atoms with Crippen molar-refractivity contribution < 1.29 is 22.9 Å². The molecule has 0 radical (unpaired) electrons. The molecule has 0 heterocycles. The summed E-state index contributed by atoms with van der Waals surface area (Å²) in [5, 5.41) is 14.9. The molecular formula is C37H40N4O6S. The lowest BCUT2D eigenvalue weighted by atomic mass is 9.94. The van der Waals surface area contributed by atoms with Crippen molar-refractivity contribution in [3.05, 3.63) is 136 Å². The summed E-state index contributed by atoms with van der Waals surface area (Å²) in [6, 6.07) is 28.8. The number of nitro groups is 1. The SMILES string of the molecule is Cc1ccc(CN(C(=O)CN(c2cccc([N+](=O)[O-])c2)S(=O)(=O)c2ccccc2)[C@H](Cc2ccccc2)C(=O)NC2CCCCC2)cc1. The maximum Gasteiger partial charge on any atom is 0.271 e. The van der Waals surface area contributed by atoms with Crippen molar-refractivity contribution in [3.8, 4) is 0 Å². The Kier molecular flexibility index (Phi) is 11.2. The number of rotatable bonds is 13. The van der Waals surface area contributed by atoms with Crippen molar-refractivity contribution in [2.24, 2.45) is 0 Å². The Morgan fingerprint density at radius 2 is 1.50 bits per heavy atom. The minimum absolute atomic E-state index is 0.0133. The third kappa shape index (κ3) is 8.65. The number of carbonyl (C=O) groups is 2. The summed E-state index contributed by atoms with van der Waals surface area (Å²) in [6.45, 7) is 1.31. The quantitative estimate of drug-likeness (QED) is 0.134. The normalized spacial score (nSPS) is 14.1. The maximum absolute atomic E-state index is 14.6. The topological polar surface area (TPSA) is 130 Å². The number of amides is 2. The average Bonchev–Trinajstić information content (AvgIpc) is 3.10. The molecule has 1 saturated carbocycles. The first-order chi connectivity index (χ1) is 23.1. The first kappa shape index (κ1) is 34.3. The first-order valence-corrected chi connectivity index (χ1v) is 17.6. The number of hydrogen-bond donors (Lipinski definition) is 1. The predicted octanol–water partition coefficient (Wildman–Crippen LogP) is 6.19. The van der Waals surface area contributed by atoms with Crippen molar-refractivity contribution >= 4 is 33.2 Å². The molecule has 0 spiro atoms. The monoisotopic (exact) mass is 668 g/mol. The Labute approximate surface area is 281 Å². The van der Waals surface area contributed by atoms with Gasteiger partial charge in [-0.25, -0.2) is 8.42 Å². The summed E-state index contributed by atoms with van der Waals surface area (Å²) in [6.07, 6.45) is 5.04. The summed E-state index contributed by atoms with van der Waals surface area (Å²) >= 11 is 0. The van der Waals surface area contributed by atoms with E-state index in [0.29, 0.717) is 0 Å². The van der Waals surface area contributed by atoms with Gasteiger partial charge in [-0.3, -0.25) is 24.0 Å². The molecule has 0 unspecified atom stereocenters. The Morgan fingerprint density at radius 1 is 0.854 bits per heavy atom. The van der Waals surface area contributed by atoms with Gasteiger partial charge in [0.05, 0.1) is 15.5 Å². The second-order valence-electron chi connectivity index (χ2n) is 12.2. The summed E-state index contributed by atoms with van der Waals surface area (Å²) < 4.78 is 29.1. The number of aryl methyl sites for hydroxylation is 1. The van der Waals surface area contributed by atoms with Crippen LogP contribution >= 0.6 is 0 Å². The average molecular weight is 669 g/mol. The van der Waals surface area contributed by atoms with Crippen molar-refractivity contribution in [1.82, 2.24) is 10.2 Å². The van der Waals surface area contributed by atoms with Crippen molar-refractivity contribution in [1.29, 1.82) is 0 Å². The van der Waals surface area contributed by atoms with Crippen molar-refractivity contribution in [2.75, 3.05) is 10.8 Å². The summed E-state index contributed by atoms with van der Waals surface area (Å²) in [5.74, 6) is -0.930. The van der Waals surface area contributed by atoms with Gasteiger partial charge in [-0.15, -0.1) is 0 Å². The molecule has 10 nitrogen and oxygen atoms in total. The van der Waals surface area contributed by atoms with Crippen molar-refractivity contribution in [2.45, 2.75) is 69.0 Å². The number of carbonyl (C=O) groups excluding carboxylic acids is 2. The zero-order valence-corrected chi connectivity index (χ0v) is 27.7. The van der Waals surface area contributed by atoms with E-state index >= 15 is 0 Å². The van der Waals surface area contributed by atoms with Gasteiger partial charge in [-0.05, 0) is 49.1 Å². The van der Waals surface area contributed by atoms with Gasteiger partial charge in [-0.1, -0.05) is 104 Å². The zero-order valence-electron chi connectivity index (χ0n) is 26.9. The van der Waals surface area contributed by atoms with Crippen LogP contribution in [0.2, 0.25) is 0 Å². The summed E-state index contributed by atoms with van der Waals surface area (Å²) in [4.78, 5) is 41.2. The first-order valence-electron chi connectivity index (χ1n) is 16.1. The fourth-order valence-corrected chi connectivity index (χ4v) is 7.43. The van der Waals surface area contributed by atoms with E-state index < -0.39 is 33.4 Å². The van der Waals surface area contributed by atoms with Crippen LogP contribution in [0, 0.1) is 17.0 Å². The highest BCUT2D eigenvalue weighted by Gasteiger charge is 2.35. The molecule has 4 aromatic carbocycles.